The molecule has 0 unspecified atom stereocenters. The van der Waals surface area contributed by atoms with Crippen molar-refractivity contribution in [2.45, 2.75) is 89.9 Å². The van der Waals surface area contributed by atoms with Crippen molar-refractivity contribution in [2.24, 2.45) is 0 Å². The van der Waals surface area contributed by atoms with Crippen molar-refractivity contribution < 1.29 is 9.53 Å². The molecule has 2 nitrogen and oxygen atoms in total. The first kappa shape index (κ1) is 20.8. The van der Waals surface area contributed by atoms with Gasteiger partial charge in [-0.15, -0.1) is 0 Å². The highest BCUT2D eigenvalue weighted by Crippen LogP contribution is 2.13. The average molecular weight is 317 g/mol. The van der Waals surface area contributed by atoms with E-state index in [1.807, 2.05) is 11.8 Å². The fourth-order valence-corrected chi connectivity index (χ4v) is 3.06. The molecule has 0 atom stereocenters. The van der Waals surface area contributed by atoms with Crippen molar-refractivity contribution in [3.05, 3.63) is 0 Å². The molecule has 0 spiro atoms. The maximum absolute atomic E-state index is 10.9. The van der Waals surface area contributed by atoms with E-state index in [0.717, 1.165) is 6.42 Å². The van der Waals surface area contributed by atoms with Crippen LogP contribution in [0.2, 0.25) is 0 Å². The quantitative estimate of drug-likeness (QED) is 0.259. The lowest BCUT2D eigenvalue weighted by Gasteiger charge is -2.03. The van der Waals surface area contributed by atoms with E-state index in [-0.39, 0.29) is 5.97 Å². The van der Waals surface area contributed by atoms with Gasteiger partial charge in [-0.05, 0) is 24.9 Å². The van der Waals surface area contributed by atoms with Gasteiger partial charge in [0.25, 0.3) is 0 Å². The zero-order chi connectivity index (χ0) is 15.6. The second kappa shape index (κ2) is 17.9. The van der Waals surface area contributed by atoms with Crippen LogP contribution in [0, 0.1) is 0 Å². The number of carbonyl (C=O) groups excluding carboxylic acids is 1. The SMILES string of the molecule is COC(=O)CCCCCCCCCCCCCCCSC. The van der Waals surface area contributed by atoms with Crippen LogP contribution in [0.4, 0.5) is 0 Å². The van der Waals surface area contributed by atoms with Gasteiger partial charge in [0.2, 0.25) is 0 Å². The number of rotatable bonds is 16. The van der Waals surface area contributed by atoms with Gasteiger partial charge in [-0.3, -0.25) is 4.79 Å². The maximum Gasteiger partial charge on any atom is 0.305 e. The minimum atomic E-state index is -0.0663. The van der Waals surface area contributed by atoms with Crippen molar-refractivity contribution in [1.82, 2.24) is 0 Å². The topological polar surface area (TPSA) is 26.3 Å². The highest BCUT2D eigenvalue weighted by atomic mass is 32.2. The van der Waals surface area contributed by atoms with Crippen LogP contribution < -0.4 is 0 Å². The van der Waals surface area contributed by atoms with Gasteiger partial charge in [-0.1, -0.05) is 70.6 Å². The number of hydrogen-bond donors (Lipinski definition) is 0. The first-order valence-corrected chi connectivity index (χ1v) is 10.3. The summed E-state index contributed by atoms with van der Waals surface area (Å²) in [4.78, 5) is 10.9. The second-order valence-electron chi connectivity index (χ2n) is 5.92. The van der Waals surface area contributed by atoms with Gasteiger partial charge in [0.1, 0.15) is 0 Å². The van der Waals surface area contributed by atoms with Crippen molar-refractivity contribution in [3.8, 4) is 0 Å². The Balaban J connectivity index is 2.98. The van der Waals surface area contributed by atoms with Crippen LogP contribution in [0.15, 0.2) is 0 Å². The second-order valence-corrected chi connectivity index (χ2v) is 6.90. The molecule has 0 bridgehead atoms. The fourth-order valence-electron chi connectivity index (χ4n) is 2.56. The van der Waals surface area contributed by atoms with E-state index < -0.39 is 0 Å². The molecule has 0 fully saturated rings. The Morgan fingerprint density at radius 1 is 0.714 bits per heavy atom. The lowest BCUT2D eigenvalue weighted by molar-refractivity contribution is -0.140. The zero-order valence-electron chi connectivity index (χ0n) is 14.3. The Bertz CT molecular complexity index is 219. The molecular weight excluding hydrogens is 280 g/mol. The molecule has 0 aliphatic rings. The Morgan fingerprint density at radius 2 is 1.10 bits per heavy atom. The van der Waals surface area contributed by atoms with Gasteiger partial charge < -0.3 is 4.74 Å². The number of methoxy groups -OCH3 is 1. The summed E-state index contributed by atoms with van der Waals surface area (Å²) >= 11 is 1.97. The van der Waals surface area contributed by atoms with E-state index >= 15 is 0 Å². The molecule has 21 heavy (non-hydrogen) atoms. The average Bonchev–Trinajstić information content (AvgIpc) is 2.50. The summed E-state index contributed by atoms with van der Waals surface area (Å²) in [5.74, 6) is 1.27. The first-order valence-electron chi connectivity index (χ1n) is 8.87. The number of carbonyl (C=O) groups is 1. The molecule has 0 N–H and O–H groups in total. The predicted octanol–water partition coefficient (Wildman–Crippen LogP) is 5.98. The molecule has 0 rings (SSSR count). The third-order valence-corrected chi connectivity index (χ3v) is 4.65. The van der Waals surface area contributed by atoms with Crippen molar-refractivity contribution in [1.29, 1.82) is 0 Å². The molecule has 0 amide bonds. The van der Waals surface area contributed by atoms with Gasteiger partial charge in [0.05, 0.1) is 7.11 Å². The normalized spacial score (nSPS) is 10.8. The van der Waals surface area contributed by atoms with Gasteiger partial charge >= 0.3 is 5.97 Å². The summed E-state index contributed by atoms with van der Waals surface area (Å²) in [5.41, 5.74) is 0. The smallest absolute Gasteiger partial charge is 0.305 e. The van der Waals surface area contributed by atoms with Gasteiger partial charge in [-0.25, -0.2) is 0 Å². The standard InChI is InChI=1S/C18H36O2S/c1-20-18(19)16-14-12-10-8-6-4-3-5-7-9-11-13-15-17-21-2/h3-17H2,1-2H3. The summed E-state index contributed by atoms with van der Waals surface area (Å²) in [5, 5.41) is 0. The Morgan fingerprint density at radius 3 is 1.48 bits per heavy atom. The number of esters is 1. The number of ether oxygens (including phenoxy) is 1. The van der Waals surface area contributed by atoms with E-state index in [2.05, 4.69) is 11.0 Å². The third-order valence-electron chi connectivity index (χ3n) is 3.96. The summed E-state index contributed by atoms with van der Waals surface area (Å²) in [6.07, 6.45) is 20.3. The van der Waals surface area contributed by atoms with Crippen molar-refractivity contribution in [2.75, 3.05) is 19.1 Å². The Labute approximate surface area is 136 Å². The Hall–Kier alpha value is -0.180. The zero-order valence-corrected chi connectivity index (χ0v) is 15.1. The van der Waals surface area contributed by atoms with Crippen LogP contribution in [-0.4, -0.2) is 25.1 Å². The molecular formula is C18H36O2S. The third kappa shape index (κ3) is 17.8. The maximum atomic E-state index is 10.9. The molecule has 0 radical (unpaired) electrons. The van der Waals surface area contributed by atoms with E-state index in [1.165, 1.54) is 89.9 Å². The molecule has 126 valence electrons. The summed E-state index contributed by atoms with van der Waals surface area (Å²) in [7, 11) is 1.46. The lowest BCUT2D eigenvalue weighted by Crippen LogP contribution is -1.99. The summed E-state index contributed by atoms with van der Waals surface area (Å²) < 4.78 is 4.63. The molecule has 0 saturated carbocycles. The van der Waals surface area contributed by atoms with Crippen LogP contribution in [0.5, 0.6) is 0 Å². The van der Waals surface area contributed by atoms with E-state index in [1.54, 1.807) is 0 Å². The molecule has 0 saturated heterocycles. The number of hydrogen-bond acceptors (Lipinski definition) is 3. The van der Waals surface area contributed by atoms with E-state index in [0.29, 0.717) is 6.42 Å². The number of thioether (sulfide) groups is 1. The van der Waals surface area contributed by atoms with Crippen LogP contribution >= 0.6 is 11.8 Å². The van der Waals surface area contributed by atoms with E-state index in [4.69, 9.17) is 0 Å². The fraction of sp³-hybridized carbons (Fsp3) is 0.944. The molecule has 0 aliphatic heterocycles. The van der Waals surface area contributed by atoms with Crippen molar-refractivity contribution >= 4 is 17.7 Å². The van der Waals surface area contributed by atoms with Crippen LogP contribution in [-0.2, 0) is 9.53 Å². The number of unbranched alkanes of at least 4 members (excludes halogenated alkanes) is 12. The van der Waals surface area contributed by atoms with Gasteiger partial charge in [-0.2, -0.15) is 11.8 Å². The highest BCUT2D eigenvalue weighted by Gasteiger charge is 1.99. The van der Waals surface area contributed by atoms with E-state index in [9.17, 15) is 4.79 Å². The Kier molecular flexibility index (Phi) is 17.7. The highest BCUT2D eigenvalue weighted by molar-refractivity contribution is 7.98. The summed E-state index contributed by atoms with van der Waals surface area (Å²) in [6, 6.07) is 0. The predicted molar refractivity (Wildman–Crippen MR) is 95.0 cm³/mol. The minimum Gasteiger partial charge on any atom is -0.469 e. The summed E-state index contributed by atoms with van der Waals surface area (Å²) in [6.45, 7) is 0. The van der Waals surface area contributed by atoms with Crippen LogP contribution in [0.3, 0.4) is 0 Å². The van der Waals surface area contributed by atoms with Crippen LogP contribution in [0.25, 0.3) is 0 Å². The molecule has 0 heterocycles. The molecule has 0 aliphatic carbocycles. The van der Waals surface area contributed by atoms with Crippen LogP contribution in [0.1, 0.15) is 89.9 Å². The minimum absolute atomic E-state index is 0.0663. The largest absolute Gasteiger partial charge is 0.469 e. The molecule has 0 aromatic heterocycles. The molecule has 0 aromatic rings. The molecule has 3 heteroatoms. The monoisotopic (exact) mass is 316 g/mol. The lowest BCUT2D eigenvalue weighted by atomic mass is 10.0. The van der Waals surface area contributed by atoms with Crippen molar-refractivity contribution in [3.63, 3.8) is 0 Å². The van der Waals surface area contributed by atoms with Gasteiger partial charge in [0, 0.05) is 6.42 Å². The first-order chi connectivity index (χ1) is 10.3. The van der Waals surface area contributed by atoms with Gasteiger partial charge in [0.15, 0.2) is 0 Å². The molecule has 0 aromatic carbocycles.